The van der Waals surface area contributed by atoms with Crippen LogP contribution in [0.1, 0.15) is 15.2 Å². The number of esters is 1. The van der Waals surface area contributed by atoms with Crippen molar-refractivity contribution in [1.29, 1.82) is 0 Å². The zero-order valence-electron chi connectivity index (χ0n) is 15.6. The number of methoxy groups -OCH3 is 1. The van der Waals surface area contributed by atoms with Crippen molar-refractivity contribution in [3.05, 3.63) is 70.7 Å². The SMILES string of the molecule is COC(=O)c1sccc1S(=O)(=O)Nc1ccc(-c2cn3cccc(C)c3n2)cc1. The number of hydrogen-bond donors (Lipinski definition) is 1. The Morgan fingerprint density at radius 3 is 2.62 bits per heavy atom. The van der Waals surface area contributed by atoms with Gasteiger partial charge in [-0.2, -0.15) is 0 Å². The van der Waals surface area contributed by atoms with Crippen LogP contribution in [0.15, 0.2) is 65.1 Å². The molecular weight excluding hydrogens is 410 g/mol. The first-order valence-corrected chi connectivity index (χ1v) is 11.0. The maximum absolute atomic E-state index is 12.7. The summed E-state index contributed by atoms with van der Waals surface area (Å²) in [5.41, 5.74) is 3.98. The van der Waals surface area contributed by atoms with Gasteiger partial charge in [-0.15, -0.1) is 11.3 Å². The second-order valence-corrected chi connectivity index (χ2v) is 8.90. The maximum Gasteiger partial charge on any atom is 0.349 e. The third kappa shape index (κ3) is 3.62. The minimum absolute atomic E-state index is 0.0386. The molecule has 0 aliphatic rings. The van der Waals surface area contributed by atoms with Crippen LogP contribution in [0.25, 0.3) is 16.9 Å². The molecular formula is C20H17N3O4S2. The average Bonchev–Trinajstić information content (AvgIpc) is 3.36. The lowest BCUT2D eigenvalue weighted by Gasteiger charge is -2.08. The number of carbonyl (C=O) groups is 1. The summed E-state index contributed by atoms with van der Waals surface area (Å²) in [5, 5.41) is 1.54. The highest BCUT2D eigenvalue weighted by molar-refractivity contribution is 7.93. The van der Waals surface area contributed by atoms with Gasteiger partial charge in [0, 0.05) is 23.6 Å². The number of sulfonamides is 1. The Hall–Kier alpha value is -3.17. The van der Waals surface area contributed by atoms with Gasteiger partial charge in [0.1, 0.15) is 15.4 Å². The highest BCUT2D eigenvalue weighted by atomic mass is 32.2. The van der Waals surface area contributed by atoms with E-state index >= 15 is 0 Å². The van der Waals surface area contributed by atoms with E-state index in [2.05, 4.69) is 14.4 Å². The smallest absolute Gasteiger partial charge is 0.349 e. The minimum atomic E-state index is -3.92. The van der Waals surface area contributed by atoms with E-state index in [1.165, 1.54) is 18.6 Å². The van der Waals surface area contributed by atoms with Gasteiger partial charge >= 0.3 is 5.97 Å². The van der Waals surface area contributed by atoms with Crippen molar-refractivity contribution < 1.29 is 17.9 Å². The van der Waals surface area contributed by atoms with Gasteiger partial charge in [-0.25, -0.2) is 18.2 Å². The second kappa shape index (κ2) is 7.34. The number of carbonyl (C=O) groups excluding carboxylic acids is 1. The quantitative estimate of drug-likeness (QED) is 0.487. The Labute approximate surface area is 171 Å². The van der Waals surface area contributed by atoms with Gasteiger partial charge in [-0.05, 0) is 42.1 Å². The molecule has 1 N–H and O–H groups in total. The number of anilines is 1. The Bertz CT molecular complexity index is 1310. The molecule has 0 spiro atoms. The lowest BCUT2D eigenvalue weighted by atomic mass is 10.1. The number of benzene rings is 1. The van der Waals surface area contributed by atoms with E-state index in [1.807, 2.05) is 35.9 Å². The molecule has 0 atom stereocenters. The predicted octanol–water partition coefficient (Wildman–Crippen LogP) is 3.96. The number of pyridine rings is 1. The molecule has 0 fully saturated rings. The van der Waals surface area contributed by atoms with Crippen LogP contribution in [0.5, 0.6) is 0 Å². The van der Waals surface area contributed by atoms with Crippen LogP contribution in [-0.4, -0.2) is 30.9 Å². The summed E-state index contributed by atoms with van der Waals surface area (Å²) >= 11 is 1.02. The Balaban J connectivity index is 1.60. The van der Waals surface area contributed by atoms with E-state index in [0.717, 1.165) is 33.8 Å². The summed E-state index contributed by atoms with van der Waals surface area (Å²) in [5.74, 6) is -0.683. The van der Waals surface area contributed by atoms with Gasteiger partial charge < -0.3 is 9.14 Å². The topological polar surface area (TPSA) is 89.8 Å². The minimum Gasteiger partial charge on any atom is -0.465 e. The van der Waals surface area contributed by atoms with E-state index in [0.29, 0.717) is 5.69 Å². The normalized spacial score (nSPS) is 11.5. The third-order valence-electron chi connectivity index (χ3n) is 4.40. The molecule has 4 rings (SSSR count). The fourth-order valence-corrected chi connectivity index (χ4v) is 5.36. The number of aromatic nitrogens is 2. The van der Waals surface area contributed by atoms with E-state index in [4.69, 9.17) is 0 Å². The van der Waals surface area contributed by atoms with Crippen molar-refractivity contribution >= 4 is 38.7 Å². The van der Waals surface area contributed by atoms with Crippen LogP contribution in [-0.2, 0) is 14.8 Å². The first-order chi connectivity index (χ1) is 13.9. The Morgan fingerprint density at radius 1 is 1.17 bits per heavy atom. The molecule has 9 heteroatoms. The molecule has 7 nitrogen and oxygen atoms in total. The number of thiophene rings is 1. The molecule has 4 aromatic rings. The molecule has 0 saturated carbocycles. The standard InChI is InChI=1S/C20H17N3O4S2/c1-13-4-3-10-23-12-16(21-19(13)23)14-5-7-15(8-6-14)22-29(25,26)17-9-11-28-18(17)20(24)27-2/h3-12,22H,1-2H3. The molecule has 3 aromatic heterocycles. The van der Waals surface area contributed by atoms with Crippen LogP contribution in [0.4, 0.5) is 5.69 Å². The number of aryl methyl sites for hydroxylation is 1. The van der Waals surface area contributed by atoms with Gasteiger partial charge in [-0.3, -0.25) is 4.72 Å². The van der Waals surface area contributed by atoms with Crippen LogP contribution in [0.3, 0.4) is 0 Å². The lowest BCUT2D eigenvalue weighted by Crippen LogP contribution is -2.15. The molecule has 0 aliphatic heterocycles. The number of hydrogen-bond acceptors (Lipinski definition) is 6. The largest absolute Gasteiger partial charge is 0.465 e. The molecule has 0 aliphatic carbocycles. The molecule has 1 aromatic carbocycles. The van der Waals surface area contributed by atoms with Crippen LogP contribution >= 0.6 is 11.3 Å². The molecule has 0 bridgehead atoms. The first-order valence-electron chi connectivity index (χ1n) is 8.62. The van der Waals surface area contributed by atoms with Crippen molar-refractivity contribution in [2.75, 3.05) is 11.8 Å². The Morgan fingerprint density at radius 2 is 1.93 bits per heavy atom. The fourth-order valence-electron chi connectivity index (χ4n) is 2.96. The number of nitrogens with zero attached hydrogens (tertiary/aromatic N) is 2. The number of imidazole rings is 1. The molecule has 0 saturated heterocycles. The fraction of sp³-hybridized carbons (Fsp3) is 0.100. The van der Waals surface area contributed by atoms with Gasteiger partial charge in [0.05, 0.1) is 12.8 Å². The summed E-state index contributed by atoms with van der Waals surface area (Å²) in [6.07, 6.45) is 3.86. The molecule has 0 unspecified atom stereocenters. The van der Waals surface area contributed by atoms with Gasteiger partial charge in [0.15, 0.2) is 0 Å². The van der Waals surface area contributed by atoms with Crippen molar-refractivity contribution in [3.63, 3.8) is 0 Å². The van der Waals surface area contributed by atoms with Crippen LogP contribution in [0, 0.1) is 6.92 Å². The summed E-state index contributed by atoms with van der Waals surface area (Å²) < 4.78 is 34.5. The third-order valence-corrected chi connectivity index (χ3v) is 6.85. The van der Waals surface area contributed by atoms with Gasteiger partial charge in [0.2, 0.25) is 0 Å². The molecule has 148 valence electrons. The highest BCUT2D eigenvalue weighted by Gasteiger charge is 2.24. The van der Waals surface area contributed by atoms with Gasteiger partial charge in [-0.1, -0.05) is 18.2 Å². The zero-order valence-corrected chi connectivity index (χ0v) is 17.3. The monoisotopic (exact) mass is 427 g/mol. The summed E-state index contributed by atoms with van der Waals surface area (Å²) in [4.78, 5) is 16.4. The number of nitrogens with one attached hydrogen (secondary N) is 1. The zero-order chi connectivity index (χ0) is 20.6. The number of fused-ring (bicyclic) bond motifs is 1. The van der Waals surface area contributed by atoms with Crippen molar-refractivity contribution in [1.82, 2.24) is 9.38 Å². The van der Waals surface area contributed by atoms with Gasteiger partial charge in [0.25, 0.3) is 10.0 Å². The molecule has 3 heterocycles. The second-order valence-electron chi connectivity index (χ2n) is 6.34. The predicted molar refractivity (Wildman–Crippen MR) is 112 cm³/mol. The molecule has 0 amide bonds. The Kier molecular flexibility index (Phi) is 4.85. The molecule has 29 heavy (non-hydrogen) atoms. The highest BCUT2D eigenvalue weighted by Crippen LogP contribution is 2.27. The van der Waals surface area contributed by atoms with E-state index in [9.17, 15) is 13.2 Å². The lowest BCUT2D eigenvalue weighted by molar-refractivity contribution is 0.0602. The summed E-state index contributed by atoms with van der Waals surface area (Å²) in [6, 6.07) is 12.2. The van der Waals surface area contributed by atoms with Crippen LogP contribution < -0.4 is 4.72 Å². The van der Waals surface area contributed by atoms with Crippen molar-refractivity contribution in [3.8, 4) is 11.3 Å². The maximum atomic E-state index is 12.7. The number of ether oxygens (including phenoxy) is 1. The van der Waals surface area contributed by atoms with Crippen LogP contribution in [0.2, 0.25) is 0 Å². The first kappa shape index (κ1) is 19.2. The van der Waals surface area contributed by atoms with Crippen molar-refractivity contribution in [2.24, 2.45) is 0 Å². The van der Waals surface area contributed by atoms with E-state index in [-0.39, 0.29) is 9.77 Å². The van der Waals surface area contributed by atoms with Crippen molar-refractivity contribution in [2.45, 2.75) is 11.8 Å². The molecule has 0 radical (unpaired) electrons. The summed E-state index contributed by atoms with van der Waals surface area (Å²) in [6.45, 7) is 2.00. The summed E-state index contributed by atoms with van der Waals surface area (Å²) in [7, 11) is -2.71. The average molecular weight is 428 g/mol. The number of rotatable bonds is 5. The van der Waals surface area contributed by atoms with E-state index in [1.54, 1.807) is 24.3 Å². The van der Waals surface area contributed by atoms with E-state index < -0.39 is 16.0 Å².